The average Bonchev–Trinajstić information content (AvgIpc) is 2.84. The molecule has 20 heavy (non-hydrogen) atoms. The minimum absolute atomic E-state index is 0.0560. The van der Waals surface area contributed by atoms with Crippen LogP contribution >= 0.6 is 0 Å². The molecule has 0 fully saturated rings. The minimum atomic E-state index is -4.48. The van der Waals surface area contributed by atoms with Crippen molar-refractivity contribution in [2.75, 3.05) is 0 Å². The number of hydrogen-bond donors (Lipinski definition) is 1. The SMILES string of the molecule is O=C(O)/C=C/c1nnc(-c2ccc(C(F)(F)F)cn2)o1. The number of pyridine rings is 1. The smallest absolute Gasteiger partial charge is 0.417 e. The topological polar surface area (TPSA) is 89.1 Å². The van der Waals surface area contributed by atoms with E-state index in [4.69, 9.17) is 9.52 Å². The van der Waals surface area contributed by atoms with Crippen LogP contribution < -0.4 is 0 Å². The summed E-state index contributed by atoms with van der Waals surface area (Å²) in [6.45, 7) is 0. The fourth-order valence-corrected chi connectivity index (χ4v) is 1.24. The summed E-state index contributed by atoms with van der Waals surface area (Å²) in [6, 6.07) is 1.92. The van der Waals surface area contributed by atoms with Gasteiger partial charge in [0.15, 0.2) is 0 Å². The average molecular weight is 285 g/mol. The molecule has 2 aromatic heterocycles. The second kappa shape index (κ2) is 5.11. The van der Waals surface area contributed by atoms with Crippen molar-refractivity contribution in [3.05, 3.63) is 35.9 Å². The minimum Gasteiger partial charge on any atom is -0.478 e. The molecule has 104 valence electrons. The van der Waals surface area contributed by atoms with Gasteiger partial charge in [-0.2, -0.15) is 13.2 Å². The van der Waals surface area contributed by atoms with Gasteiger partial charge in [0.1, 0.15) is 5.69 Å². The van der Waals surface area contributed by atoms with E-state index in [0.717, 1.165) is 24.3 Å². The number of nitrogens with zero attached hydrogens (tertiary/aromatic N) is 3. The molecule has 0 aliphatic rings. The first-order valence-corrected chi connectivity index (χ1v) is 5.14. The summed E-state index contributed by atoms with van der Waals surface area (Å²) in [7, 11) is 0. The van der Waals surface area contributed by atoms with E-state index in [0.29, 0.717) is 6.20 Å². The molecule has 0 aliphatic heterocycles. The first-order valence-electron chi connectivity index (χ1n) is 5.14. The van der Waals surface area contributed by atoms with E-state index in [2.05, 4.69) is 15.2 Å². The van der Waals surface area contributed by atoms with Crippen molar-refractivity contribution in [1.82, 2.24) is 15.2 Å². The molecule has 0 aromatic carbocycles. The molecule has 2 rings (SSSR count). The molecule has 0 bridgehead atoms. The summed E-state index contributed by atoms with van der Waals surface area (Å²) < 4.78 is 42.1. The molecule has 0 atom stereocenters. The van der Waals surface area contributed by atoms with Gasteiger partial charge in [0.05, 0.1) is 5.56 Å². The molecular weight excluding hydrogens is 279 g/mol. The number of halogens is 3. The van der Waals surface area contributed by atoms with E-state index in [1.54, 1.807) is 0 Å². The number of aromatic nitrogens is 3. The Labute approximate surface area is 109 Å². The maximum atomic E-state index is 12.3. The van der Waals surface area contributed by atoms with Gasteiger partial charge in [-0.25, -0.2) is 4.79 Å². The second-order valence-corrected chi connectivity index (χ2v) is 3.55. The number of rotatable bonds is 3. The van der Waals surface area contributed by atoms with Crippen LogP contribution in [0.2, 0.25) is 0 Å². The Hall–Kier alpha value is -2.71. The molecule has 0 radical (unpaired) electrons. The lowest BCUT2D eigenvalue weighted by Gasteiger charge is -2.05. The lowest BCUT2D eigenvalue weighted by atomic mass is 10.2. The monoisotopic (exact) mass is 285 g/mol. The van der Waals surface area contributed by atoms with Crippen LogP contribution in [0.5, 0.6) is 0 Å². The summed E-state index contributed by atoms with van der Waals surface area (Å²) in [5, 5.41) is 15.5. The van der Waals surface area contributed by atoms with E-state index in [1.807, 2.05) is 0 Å². The maximum Gasteiger partial charge on any atom is 0.417 e. The number of aliphatic carboxylic acids is 1. The zero-order valence-corrected chi connectivity index (χ0v) is 9.63. The van der Waals surface area contributed by atoms with Gasteiger partial charge >= 0.3 is 12.1 Å². The zero-order valence-electron chi connectivity index (χ0n) is 9.63. The molecule has 9 heteroatoms. The van der Waals surface area contributed by atoms with Crippen LogP contribution in [0.25, 0.3) is 17.7 Å². The molecule has 1 N–H and O–H groups in total. The van der Waals surface area contributed by atoms with Crippen molar-refractivity contribution >= 4 is 12.0 Å². The van der Waals surface area contributed by atoms with Crippen LogP contribution in [0.1, 0.15) is 11.5 Å². The third-order valence-electron chi connectivity index (χ3n) is 2.12. The summed E-state index contributed by atoms with van der Waals surface area (Å²) in [6.07, 6.45) is -1.98. The zero-order chi connectivity index (χ0) is 14.8. The number of carboxylic acids is 1. The summed E-state index contributed by atoms with van der Waals surface area (Å²) in [5.41, 5.74) is -0.841. The number of carbonyl (C=O) groups is 1. The Morgan fingerprint density at radius 2 is 2.05 bits per heavy atom. The van der Waals surface area contributed by atoms with E-state index in [1.165, 1.54) is 0 Å². The lowest BCUT2D eigenvalue weighted by molar-refractivity contribution is -0.137. The summed E-state index contributed by atoms with van der Waals surface area (Å²) in [5.74, 6) is -1.40. The van der Waals surface area contributed by atoms with Gasteiger partial charge in [-0.3, -0.25) is 4.98 Å². The predicted molar refractivity (Wildman–Crippen MR) is 59.2 cm³/mol. The molecule has 0 amide bonds. The van der Waals surface area contributed by atoms with Crippen LogP contribution in [0, 0.1) is 0 Å². The molecule has 2 heterocycles. The number of alkyl halides is 3. The highest BCUT2D eigenvalue weighted by Gasteiger charge is 2.30. The van der Waals surface area contributed by atoms with Crippen LogP contribution in [0.4, 0.5) is 13.2 Å². The Bertz CT molecular complexity index is 647. The Balaban J connectivity index is 2.22. The van der Waals surface area contributed by atoms with E-state index >= 15 is 0 Å². The van der Waals surface area contributed by atoms with Crippen molar-refractivity contribution in [2.24, 2.45) is 0 Å². The highest BCUT2D eigenvalue weighted by atomic mass is 19.4. The van der Waals surface area contributed by atoms with Gasteiger partial charge < -0.3 is 9.52 Å². The number of hydrogen-bond acceptors (Lipinski definition) is 5. The van der Waals surface area contributed by atoms with Crippen LogP contribution in [0.3, 0.4) is 0 Å². The Kier molecular flexibility index (Phi) is 3.51. The van der Waals surface area contributed by atoms with Gasteiger partial charge in [-0.15, -0.1) is 10.2 Å². The molecule has 6 nitrogen and oxygen atoms in total. The van der Waals surface area contributed by atoms with E-state index in [-0.39, 0.29) is 17.5 Å². The third-order valence-corrected chi connectivity index (χ3v) is 2.12. The quantitative estimate of drug-likeness (QED) is 0.870. The standard InChI is InChI=1S/C11H6F3N3O3/c12-11(13,14)6-1-2-7(15-5-6)10-17-16-8(20-10)3-4-9(18)19/h1-5H,(H,18,19)/b4-3+. The molecule has 0 spiro atoms. The molecule has 0 saturated heterocycles. The molecule has 0 saturated carbocycles. The fraction of sp³-hybridized carbons (Fsp3) is 0.0909. The van der Waals surface area contributed by atoms with Crippen molar-refractivity contribution in [3.63, 3.8) is 0 Å². The normalized spacial score (nSPS) is 11.9. The third kappa shape index (κ3) is 3.19. The fourth-order valence-electron chi connectivity index (χ4n) is 1.24. The van der Waals surface area contributed by atoms with Crippen LogP contribution in [0.15, 0.2) is 28.8 Å². The van der Waals surface area contributed by atoms with Gasteiger partial charge in [0.2, 0.25) is 5.89 Å². The lowest BCUT2D eigenvalue weighted by Crippen LogP contribution is -2.05. The van der Waals surface area contributed by atoms with Gasteiger partial charge in [-0.05, 0) is 12.1 Å². The van der Waals surface area contributed by atoms with Crippen LogP contribution in [-0.2, 0) is 11.0 Å². The Morgan fingerprint density at radius 3 is 2.60 bits per heavy atom. The predicted octanol–water partition coefficient (Wildman–Crippen LogP) is 2.25. The van der Waals surface area contributed by atoms with Crippen molar-refractivity contribution in [2.45, 2.75) is 6.18 Å². The van der Waals surface area contributed by atoms with Gasteiger partial charge in [-0.1, -0.05) is 0 Å². The summed E-state index contributed by atoms with van der Waals surface area (Å²) >= 11 is 0. The number of carboxylic acid groups (broad SMARTS) is 1. The highest BCUT2D eigenvalue weighted by molar-refractivity contribution is 5.84. The largest absolute Gasteiger partial charge is 0.478 e. The first kappa shape index (κ1) is 13.7. The Morgan fingerprint density at radius 1 is 1.30 bits per heavy atom. The maximum absolute atomic E-state index is 12.3. The summed E-state index contributed by atoms with van der Waals surface area (Å²) in [4.78, 5) is 13.9. The van der Waals surface area contributed by atoms with Crippen LogP contribution in [-0.4, -0.2) is 26.3 Å². The van der Waals surface area contributed by atoms with E-state index < -0.39 is 17.7 Å². The van der Waals surface area contributed by atoms with Crippen molar-refractivity contribution in [1.29, 1.82) is 0 Å². The van der Waals surface area contributed by atoms with Gasteiger partial charge in [0, 0.05) is 18.3 Å². The van der Waals surface area contributed by atoms with Crippen molar-refractivity contribution in [3.8, 4) is 11.6 Å². The van der Waals surface area contributed by atoms with E-state index in [9.17, 15) is 18.0 Å². The highest BCUT2D eigenvalue weighted by Crippen LogP contribution is 2.29. The first-order chi connectivity index (χ1) is 9.36. The molecule has 0 unspecified atom stereocenters. The molecule has 0 aliphatic carbocycles. The second-order valence-electron chi connectivity index (χ2n) is 3.55. The van der Waals surface area contributed by atoms with Crippen molar-refractivity contribution < 1.29 is 27.5 Å². The van der Waals surface area contributed by atoms with Gasteiger partial charge in [0.25, 0.3) is 5.89 Å². The molecular formula is C11H6F3N3O3. The molecule has 2 aromatic rings.